The van der Waals surface area contributed by atoms with Gasteiger partial charge in [-0.05, 0) is 24.7 Å². The monoisotopic (exact) mass is 325 g/mol. The Balaban J connectivity index is 2.18. The number of aliphatic imine (C=N–C) groups is 2. The van der Waals surface area contributed by atoms with Gasteiger partial charge < -0.3 is 10.2 Å². The quantitative estimate of drug-likeness (QED) is 0.787. The van der Waals surface area contributed by atoms with E-state index in [2.05, 4.69) is 9.98 Å². The molecule has 2 heterocycles. The van der Waals surface area contributed by atoms with E-state index in [0.717, 1.165) is 12.3 Å². The Morgan fingerprint density at radius 3 is 2.95 bits per heavy atom. The predicted molar refractivity (Wildman–Crippen MR) is 85.9 cm³/mol. The molecule has 112 valence electrons. The van der Waals surface area contributed by atoms with E-state index in [1.54, 1.807) is 16.9 Å². The van der Waals surface area contributed by atoms with Crippen molar-refractivity contribution in [1.29, 1.82) is 0 Å². The van der Waals surface area contributed by atoms with E-state index >= 15 is 0 Å². The van der Waals surface area contributed by atoms with Gasteiger partial charge in [-0.1, -0.05) is 6.92 Å². The third-order valence-corrected chi connectivity index (χ3v) is 4.25. The van der Waals surface area contributed by atoms with Crippen LogP contribution in [0.3, 0.4) is 0 Å². The minimum atomic E-state index is -0.859. The van der Waals surface area contributed by atoms with E-state index in [9.17, 15) is 9.90 Å². The molecule has 0 aliphatic carbocycles. The largest absolute Gasteiger partial charge is 0.493 e. The Hall–Kier alpha value is -1.80. The molecule has 2 rings (SSSR count). The number of allylic oxidation sites excluding steroid dienone is 1. The van der Waals surface area contributed by atoms with Crippen LogP contribution in [0, 0.1) is 3.95 Å². The van der Waals surface area contributed by atoms with E-state index in [-0.39, 0.29) is 12.3 Å². The third-order valence-electron chi connectivity index (χ3n) is 2.87. The molecule has 0 atom stereocenters. The minimum absolute atomic E-state index is 0.0459. The average Bonchev–Trinajstić information content (AvgIpc) is 2.98. The van der Waals surface area contributed by atoms with Gasteiger partial charge in [0.05, 0.1) is 16.8 Å². The van der Waals surface area contributed by atoms with Crippen molar-refractivity contribution in [1.82, 2.24) is 4.57 Å². The van der Waals surface area contributed by atoms with Gasteiger partial charge in [-0.15, -0.1) is 11.3 Å². The number of hydrogen-bond acceptors (Lipinski definition) is 6. The first kappa shape index (κ1) is 15.6. The van der Waals surface area contributed by atoms with Crippen LogP contribution in [0.4, 0.5) is 0 Å². The van der Waals surface area contributed by atoms with Crippen LogP contribution in [0.1, 0.15) is 31.1 Å². The molecule has 1 aliphatic heterocycles. The molecule has 0 amide bonds. The molecule has 21 heavy (non-hydrogen) atoms. The molecule has 0 fully saturated rings. The molecule has 6 nitrogen and oxygen atoms in total. The highest BCUT2D eigenvalue weighted by Gasteiger charge is 2.12. The van der Waals surface area contributed by atoms with Crippen LogP contribution in [-0.4, -0.2) is 32.8 Å². The molecule has 0 aromatic carbocycles. The molecule has 1 aromatic heterocycles. The van der Waals surface area contributed by atoms with Gasteiger partial charge in [-0.3, -0.25) is 9.36 Å². The first-order valence-corrected chi connectivity index (χ1v) is 7.71. The fraction of sp³-hybridized carbons (Fsp3) is 0.385. The van der Waals surface area contributed by atoms with Gasteiger partial charge in [0.15, 0.2) is 3.95 Å². The molecule has 0 radical (unpaired) electrons. The number of aromatic hydroxyl groups is 1. The molecule has 0 bridgehead atoms. The standard InChI is InChI=1S/C13H15N3O3S2/c1-2-10-14-7-8(15-10)6-9-12(19)16(13(20)21-9)5-3-4-11(17)18/h6-7,19H,2-5H2,1H3,(H,17,18)/b8-6+. The zero-order chi connectivity index (χ0) is 15.4. The second-order valence-corrected chi connectivity index (χ2v) is 6.09. The molecule has 0 spiro atoms. The number of hydrogen-bond donors (Lipinski definition) is 2. The molecule has 1 aliphatic rings. The van der Waals surface area contributed by atoms with Gasteiger partial charge in [0.2, 0.25) is 5.88 Å². The number of rotatable bonds is 6. The summed E-state index contributed by atoms with van der Waals surface area (Å²) >= 11 is 6.47. The maximum absolute atomic E-state index is 10.5. The van der Waals surface area contributed by atoms with Crippen LogP contribution in [0.25, 0.3) is 6.08 Å². The van der Waals surface area contributed by atoms with Gasteiger partial charge >= 0.3 is 5.97 Å². The van der Waals surface area contributed by atoms with Crippen LogP contribution in [0.15, 0.2) is 15.7 Å². The molecule has 2 N–H and O–H groups in total. The SMILES string of the molecule is CCC1=N/C(=C/c2sc(=S)n(CCCC(=O)O)c2O)C=N1. The van der Waals surface area contributed by atoms with Crippen molar-refractivity contribution in [2.75, 3.05) is 0 Å². The molecular formula is C13H15N3O3S2. The van der Waals surface area contributed by atoms with Crippen LogP contribution in [-0.2, 0) is 11.3 Å². The number of nitrogens with zero attached hydrogens (tertiary/aromatic N) is 3. The topological polar surface area (TPSA) is 87.2 Å². The molecule has 0 unspecified atom stereocenters. The van der Waals surface area contributed by atoms with Gasteiger partial charge in [-0.25, -0.2) is 9.98 Å². The number of carbonyl (C=O) groups is 1. The van der Waals surface area contributed by atoms with E-state index in [1.165, 1.54) is 11.3 Å². The summed E-state index contributed by atoms with van der Waals surface area (Å²) in [7, 11) is 0. The lowest BCUT2D eigenvalue weighted by Gasteiger charge is -2.02. The van der Waals surface area contributed by atoms with Crippen molar-refractivity contribution in [3.05, 3.63) is 14.5 Å². The van der Waals surface area contributed by atoms with Gasteiger partial charge in [0.25, 0.3) is 0 Å². The normalized spacial score (nSPS) is 15.7. The fourth-order valence-electron chi connectivity index (χ4n) is 1.82. The maximum Gasteiger partial charge on any atom is 0.303 e. The summed E-state index contributed by atoms with van der Waals surface area (Å²) in [5.41, 5.74) is 0.677. The smallest absolute Gasteiger partial charge is 0.303 e. The Morgan fingerprint density at radius 2 is 2.33 bits per heavy atom. The van der Waals surface area contributed by atoms with E-state index < -0.39 is 5.97 Å². The van der Waals surface area contributed by atoms with E-state index in [0.29, 0.717) is 27.5 Å². The fourth-order valence-corrected chi connectivity index (χ4v) is 3.12. The molecule has 1 aromatic rings. The van der Waals surface area contributed by atoms with Crippen LogP contribution >= 0.6 is 23.6 Å². The summed E-state index contributed by atoms with van der Waals surface area (Å²) in [5, 5.41) is 18.8. The molecule has 8 heteroatoms. The highest BCUT2D eigenvalue weighted by Crippen LogP contribution is 2.29. The Bertz CT molecular complexity index is 698. The zero-order valence-corrected chi connectivity index (χ0v) is 13.1. The molecular weight excluding hydrogens is 310 g/mol. The van der Waals surface area contributed by atoms with E-state index in [4.69, 9.17) is 17.3 Å². The number of aliphatic carboxylic acids is 1. The first-order chi connectivity index (χ1) is 10.0. The maximum atomic E-state index is 10.5. The van der Waals surface area contributed by atoms with Crippen LogP contribution in [0.5, 0.6) is 5.88 Å². The van der Waals surface area contributed by atoms with Crippen molar-refractivity contribution in [3.8, 4) is 5.88 Å². The Morgan fingerprint density at radius 1 is 1.57 bits per heavy atom. The second kappa shape index (κ2) is 6.77. The summed E-state index contributed by atoms with van der Waals surface area (Å²) in [6.45, 7) is 2.35. The van der Waals surface area contributed by atoms with Crippen LogP contribution in [0.2, 0.25) is 0 Å². The summed E-state index contributed by atoms with van der Waals surface area (Å²) in [5.74, 6) is -0.0520. The first-order valence-electron chi connectivity index (χ1n) is 6.49. The van der Waals surface area contributed by atoms with Crippen molar-refractivity contribution >= 4 is 47.7 Å². The van der Waals surface area contributed by atoms with Crippen molar-refractivity contribution in [3.63, 3.8) is 0 Å². The summed E-state index contributed by atoms with van der Waals surface area (Å²) in [4.78, 5) is 19.6. The third kappa shape index (κ3) is 3.85. The lowest BCUT2D eigenvalue weighted by molar-refractivity contribution is -0.137. The number of carboxylic acid groups (broad SMARTS) is 1. The average molecular weight is 325 g/mol. The second-order valence-electron chi connectivity index (χ2n) is 4.41. The van der Waals surface area contributed by atoms with Crippen molar-refractivity contribution < 1.29 is 15.0 Å². The van der Waals surface area contributed by atoms with Gasteiger partial charge in [0.1, 0.15) is 5.84 Å². The highest BCUT2D eigenvalue weighted by atomic mass is 32.1. The number of amidine groups is 1. The van der Waals surface area contributed by atoms with Gasteiger partial charge in [0, 0.05) is 19.4 Å². The predicted octanol–water partition coefficient (Wildman–Crippen LogP) is 3.08. The summed E-state index contributed by atoms with van der Waals surface area (Å²) < 4.78 is 2.06. The van der Waals surface area contributed by atoms with Crippen LogP contribution < -0.4 is 0 Å². The lowest BCUT2D eigenvalue weighted by atomic mass is 10.3. The lowest BCUT2D eigenvalue weighted by Crippen LogP contribution is -2.01. The van der Waals surface area contributed by atoms with E-state index in [1.807, 2.05) is 6.92 Å². The molecule has 0 saturated carbocycles. The van der Waals surface area contributed by atoms with Gasteiger partial charge in [-0.2, -0.15) is 0 Å². The zero-order valence-electron chi connectivity index (χ0n) is 11.4. The van der Waals surface area contributed by atoms with Crippen molar-refractivity contribution in [2.45, 2.75) is 32.7 Å². The highest BCUT2D eigenvalue weighted by molar-refractivity contribution is 7.73. The van der Waals surface area contributed by atoms with Crippen molar-refractivity contribution in [2.24, 2.45) is 9.98 Å². The number of carboxylic acids is 1. The summed E-state index contributed by atoms with van der Waals surface area (Å²) in [6, 6.07) is 0. The minimum Gasteiger partial charge on any atom is -0.493 e. The number of aromatic nitrogens is 1. The number of thiazole rings is 1. The molecule has 0 saturated heterocycles. The Kier molecular flexibility index (Phi) is 5.03. The summed E-state index contributed by atoms with van der Waals surface area (Å²) in [6.07, 6.45) is 4.60. The Labute approximate surface area is 130 Å².